The van der Waals surface area contributed by atoms with Gasteiger partial charge in [0.1, 0.15) is 18.2 Å². The maximum atomic E-state index is 12.0. The van der Waals surface area contributed by atoms with Crippen molar-refractivity contribution < 1.29 is 24.0 Å². The van der Waals surface area contributed by atoms with E-state index in [1.165, 1.54) is 24.3 Å². The highest BCUT2D eigenvalue weighted by Crippen LogP contribution is 2.13. The predicted octanol–water partition coefficient (Wildman–Crippen LogP) is 2.55. The van der Waals surface area contributed by atoms with Crippen LogP contribution in [0.5, 0.6) is 0 Å². The van der Waals surface area contributed by atoms with E-state index >= 15 is 0 Å². The summed E-state index contributed by atoms with van der Waals surface area (Å²) in [6.07, 6.45) is 4.32. The Hall–Kier alpha value is -3.08. The third kappa shape index (κ3) is 7.35. The molecular weight excluding hydrogens is 328 g/mol. The van der Waals surface area contributed by atoms with Crippen molar-refractivity contribution in [2.24, 2.45) is 0 Å². The Bertz CT molecular complexity index is 670. The Labute approximate surface area is 145 Å². The molecule has 0 fully saturated rings. The summed E-state index contributed by atoms with van der Waals surface area (Å²) in [7, 11) is 0. The summed E-state index contributed by atoms with van der Waals surface area (Å²) in [5, 5.41) is 12.9. The summed E-state index contributed by atoms with van der Waals surface area (Å²) >= 11 is 0. The normalized spacial score (nSPS) is 11.8. The molecule has 0 aromatic heterocycles. The summed E-state index contributed by atoms with van der Waals surface area (Å²) in [5.41, 5.74) is -0.215. The van der Waals surface area contributed by atoms with Crippen molar-refractivity contribution in [2.75, 3.05) is 0 Å². The van der Waals surface area contributed by atoms with Crippen LogP contribution in [-0.2, 0) is 20.9 Å². The molecule has 134 valence electrons. The molecule has 1 rings (SSSR count). The van der Waals surface area contributed by atoms with Gasteiger partial charge in [0, 0.05) is 18.6 Å². The number of rotatable bonds is 6. The average Bonchev–Trinajstić information content (AvgIpc) is 2.51. The molecule has 0 saturated heterocycles. The smallest absolute Gasteiger partial charge is 0.408 e. The molecule has 1 aromatic carbocycles. The second-order valence-electron chi connectivity index (χ2n) is 6.14. The van der Waals surface area contributed by atoms with Crippen molar-refractivity contribution >= 4 is 17.7 Å². The SMILES string of the molecule is C#CCC(NC(=O)OCc1ccc([N+](=O)[O-])cc1)C(=O)OC(C)(C)C. The molecule has 8 nitrogen and oxygen atoms in total. The van der Waals surface area contributed by atoms with Crippen LogP contribution in [0.25, 0.3) is 0 Å². The highest BCUT2D eigenvalue weighted by molar-refractivity contribution is 5.81. The van der Waals surface area contributed by atoms with E-state index in [-0.39, 0.29) is 18.7 Å². The average molecular weight is 348 g/mol. The van der Waals surface area contributed by atoms with E-state index < -0.39 is 28.6 Å². The van der Waals surface area contributed by atoms with Crippen LogP contribution in [0.2, 0.25) is 0 Å². The first-order valence-electron chi connectivity index (χ1n) is 7.45. The summed E-state index contributed by atoms with van der Waals surface area (Å²) in [4.78, 5) is 33.9. The predicted molar refractivity (Wildman–Crippen MR) is 89.5 cm³/mol. The van der Waals surface area contributed by atoms with Crippen LogP contribution in [0.1, 0.15) is 32.8 Å². The molecule has 0 aliphatic carbocycles. The zero-order valence-electron chi connectivity index (χ0n) is 14.3. The lowest BCUT2D eigenvalue weighted by atomic mass is 10.1. The Morgan fingerprint density at radius 2 is 1.92 bits per heavy atom. The van der Waals surface area contributed by atoms with Gasteiger partial charge in [0.2, 0.25) is 0 Å². The first kappa shape index (κ1) is 20.0. The monoisotopic (exact) mass is 348 g/mol. The fraction of sp³-hybridized carbons (Fsp3) is 0.412. The van der Waals surface area contributed by atoms with Gasteiger partial charge >= 0.3 is 12.1 Å². The number of carbonyl (C=O) groups excluding carboxylic acids is 2. The van der Waals surface area contributed by atoms with E-state index in [4.69, 9.17) is 15.9 Å². The second-order valence-corrected chi connectivity index (χ2v) is 6.14. The standard InChI is InChI=1S/C17H20N2O6/c1-5-6-14(15(20)25-17(2,3)4)18-16(21)24-11-12-7-9-13(10-8-12)19(22)23/h1,7-10,14H,6,11H2,2-4H3,(H,18,21). The quantitative estimate of drug-likeness (QED) is 0.366. The van der Waals surface area contributed by atoms with Crippen molar-refractivity contribution in [2.45, 2.75) is 45.4 Å². The lowest BCUT2D eigenvalue weighted by Crippen LogP contribution is -2.44. The van der Waals surface area contributed by atoms with Gasteiger partial charge in [-0.1, -0.05) is 0 Å². The number of non-ortho nitro benzene ring substituents is 1. The fourth-order valence-electron chi connectivity index (χ4n) is 1.73. The number of hydrogen-bond acceptors (Lipinski definition) is 6. The van der Waals surface area contributed by atoms with Gasteiger partial charge in [-0.05, 0) is 38.5 Å². The maximum Gasteiger partial charge on any atom is 0.408 e. The van der Waals surface area contributed by atoms with Crippen LogP contribution in [0.3, 0.4) is 0 Å². The van der Waals surface area contributed by atoms with E-state index in [9.17, 15) is 19.7 Å². The second kappa shape index (κ2) is 8.68. The molecule has 8 heteroatoms. The minimum atomic E-state index is -1.02. The van der Waals surface area contributed by atoms with Gasteiger partial charge in [-0.15, -0.1) is 12.3 Å². The van der Waals surface area contributed by atoms with Gasteiger partial charge < -0.3 is 14.8 Å². The maximum absolute atomic E-state index is 12.0. The fourth-order valence-corrected chi connectivity index (χ4v) is 1.73. The summed E-state index contributed by atoms with van der Waals surface area (Å²) < 4.78 is 10.2. The summed E-state index contributed by atoms with van der Waals surface area (Å²) in [6.45, 7) is 4.99. The van der Waals surface area contributed by atoms with Crippen molar-refractivity contribution in [3.63, 3.8) is 0 Å². The molecular formula is C17H20N2O6. The van der Waals surface area contributed by atoms with Gasteiger partial charge in [0.05, 0.1) is 4.92 Å². The largest absolute Gasteiger partial charge is 0.458 e. The molecule has 0 bridgehead atoms. The molecule has 1 N–H and O–H groups in total. The zero-order valence-corrected chi connectivity index (χ0v) is 14.3. The van der Waals surface area contributed by atoms with Crippen LogP contribution < -0.4 is 5.32 Å². The number of alkyl carbamates (subject to hydrolysis) is 1. The summed E-state index contributed by atoms with van der Waals surface area (Å²) in [6, 6.07) is 4.53. The minimum absolute atomic E-state index is 0.0401. The van der Waals surface area contributed by atoms with E-state index in [2.05, 4.69) is 11.2 Å². The van der Waals surface area contributed by atoms with Crippen molar-refractivity contribution in [1.82, 2.24) is 5.32 Å². The van der Waals surface area contributed by atoms with E-state index in [1.807, 2.05) is 0 Å². The van der Waals surface area contributed by atoms with Crippen LogP contribution in [0.15, 0.2) is 24.3 Å². The molecule has 0 saturated carbocycles. The molecule has 1 unspecified atom stereocenters. The minimum Gasteiger partial charge on any atom is -0.458 e. The van der Waals surface area contributed by atoms with Gasteiger partial charge in [-0.25, -0.2) is 9.59 Å². The van der Waals surface area contributed by atoms with Crippen LogP contribution in [0.4, 0.5) is 10.5 Å². The van der Waals surface area contributed by atoms with Crippen LogP contribution in [-0.4, -0.2) is 28.6 Å². The van der Waals surface area contributed by atoms with E-state index in [0.717, 1.165) is 0 Å². The molecule has 0 aliphatic rings. The third-order valence-corrected chi connectivity index (χ3v) is 2.82. The van der Waals surface area contributed by atoms with Gasteiger partial charge in [0.25, 0.3) is 5.69 Å². The number of amides is 1. The van der Waals surface area contributed by atoms with Crippen molar-refractivity contribution in [3.8, 4) is 12.3 Å². The molecule has 0 radical (unpaired) electrons. The number of esters is 1. The lowest BCUT2D eigenvalue weighted by molar-refractivity contribution is -0.384. The number of carbonyl (C=O) groups is 2. The molecule has 1 aromatic rings. The number of hydrogen-bond donors (Lipinski definition) is 1. The van der Waals surface area contributed by atoms with Gasteiger partial charge in [0.15, 0.2) is 0 Å². The number of terminal acetylenes is 1. The van der Waals surface area contributed by atoms with Crippen molar-refractivity contribution in [1.29, 1.82) is 0 Å². The zero-order chi connectivity index (χ0) is 19.0. The molecule has 0 aliphatic heterocycles. The lowest BCUT2D eigenvalue weighted by Gasteiger charge is -2.23. The Morgan fingerprint density at radius 1 is 1.32 bits per heavy atom. The highest BCUT2D eigenvalue weighted by atomic mass is 16.6. The van der Waals surface area contributed by atoms with Gasteiger partial charge in [-0.2, -0.15) is 0 Å². The Kier molecular flexibility index (Phi) is 6.93. The number of nitro groups is 1. The van der Waals surface area contributed by atoms with Crippen LogP contribution >= 0.6 is 0 Å². The molecule has 0 heterocycles. The number of nitrogens with one attached hydrogen (secondary N) is 1. The number of benzene rings is 1. The first-order valence-corrected chi connectivity index (χ1v) is 7.45. The topological polar surface area (TPSA) is 108 Å². The third-order valence-electron chi connectivity index (χ3n) is 2.82. The number of nitro benzene ring substituents is 1. The molecule has 1 atom stereocenters. The summed E-state index contributed by atoms with van der Waals surface area (Å²) in [5.74, 6) is 1.64. The van der Waals surface area contributed by atoms with E-state index in [1.54, 1.807) is 20.8 Å². The highest BCUT2D eigenvalue weighted by Gasteiger charge is 2.26. The van der Waals surface area contributed by atoms with Crippen molar-refractivity contribution in [3.05, 3.63) is 39.9 Å². The van der Waals surface area contributed by atoms with Gasteiger partial charge in [-0.3, -0.25) is 10.1 Å². The number of nitrogens with zero attached hydrogens (tertiary/aromatic N) is 1. The first-order chi connectivity index (χ1) is 11.6. The molecule has 25 heavy (non-hydrogen) atoms. The Morgan fingerprint density at radius 3 is 2.40 bits per heavy atom. The Balaban J connectivity index is 2.58. The van der Waals surface area contributed by atoms with Crippen LogP contribution in [0, 0.1) is 22.5 Å². The molecule has 1 amide bonds. The molecule has 0 spiro atoms. The number of ether oxygens (including phenoxy) is 2. The van der Waals surface area contributed by atoms with E-state index in [0.29, 0.717) is 5.56 Å².